The largest absolute Gasteiger partial charge is 0.265 e. The normalized spacial score (nSPS) is 24.1. The van der Waals surface area contributed by atoms with Crippen molar-refractivity contribution in [3.05, 3.63) is 11.8 Å². The second-order valence-corrected chi connectivity index (χ2v) is 5.27. The molecule has 1 nitrogen and oxygen atoms in total. The van der Waals surface area contributed by atoms with E-state index in [-0.39, 0.29) is 5.41 Å². The molecule has 0 fully saturated rings. The van der Waals surface area contributed by atoms with Gasteiger partial charge in [-0.1, -0.05) is 39.7 Å². The van der Waals surface area contributed by atoms with Gasteiger partial charge in [0.05, 0.1) is 0 Å². The van der Waals surface area contributed by atoms with E-state index >= 15 is 0 Å². The van der Waals surface area contributed by atoms with Crippen LogP contribution >= 0.6 is 0 Å². The molecule has 1 heteroatoms. The minimum Gasteiger partial charge on any atom is -0.265 e. The lowest BCUT2D eigenvalue weighted by atomic mass is 9.99. The Bertz CT molecular complexity index is 218. The summed E-state index contributed by atoms with van der Waals surface area (Å²) >= 11 is 0. The van der Waals surface area contributed by atoms with Crippen molar-refractivity contribution in [1.82, 2.24) is 0 Å². The zero-order chi connectivity index (χ0) is 10.4. The van der Waals surface area contributed by atoms with Gasteiger partial charge in [0.25, 0.3) is 0 Å². The van der Waals surface area contributed by atoms with Gasteiger partial charge in [0.15, 0.2) is 0 Å². The van der Waals surface area contributed by atoms with Crippen molar-refractivity contribution in [3.8, 4) is 0 Å². The monoisotopic (exact) mass is 193 g/mol. The molecule has 0 radical (unpaired) electrons. The van der Waals surface area contributed by atoms with Crippen LogP contribution in [0.5, 0.6) is 0 Å². The van der Waals surface area contributed by atoms with Gasteiger partial charge in [-0.25, -0.2) is 0 Å². The number of hydrogen-bond acceptors (Lipinski definition) is 1. The maximum atomic E-state index is 4.59. The maximum Gasteiger partial charge on any atom is 0.0360 e. The van der Waals surface area contributed by atoms with Crippen LogP contribution in [0.2, 0.25) is 0 Å². The standard InChI is InChI=1S/C13H23N/c1-13(2,3)11-14-12-9-7-5-4-6-8-10-12/h9,11H,4-8,10H2,1-3H3/b12-9+,14-11+. The predicted molar refractivity (Wildman–Crippen MR) is 63.7 cm³/mol. The second kappa shape index (κ2) is 5.33. The molecule has 0 aromatic heterocycles. The fourth-order valence-corrected chi connectivity index (χ4v) is 1.57. The molecule has 80 valence electrons. The number of nitrogens with zero attached hydrogens (tertiary/aromatic N) is 1. The Morgan fingerprint density at radius 2 is 1.86 bits per heavy atom. The molecular formula is C13H23N. The van der Waals surface area contributed by atoms with Gasteiger partial charge < -0.3 is 0 Å². The molecule has 1 aliphatic carbocycles. The van der Waals surface area contributed by atoms with Crippen molar-refractivity contribution in [1.29, 1.82) is 0 Å². The van der Waals surface area contributed by atoms with Crippen LogP contribution in [0.1, 0.15) is 59.3 Å². The highest BCUT2D eigenvalue weighted by Gasteiger charge is 2.06. The summed E-state index contributed by atoms with van der Waals surface area (Å²) in [6, 6.07) is 0. The topological polar surface area (TPSA) is 12.4 Å². The van der Waals surface area contributed by atoms with E-state index < -0.39 is 0 Å². The van der Waals surface area contributed by atoms with Crippen LogP contribution < -0.4 is 0 Å². The molecule has 0 saturated heterocycles. The summed E-state index contributed by atoms with van der Waals surface area (Å²) in [6.07, 6.45) is 12.2. The second-order valence-electron chi connectivity index (χ2n) is 5.27. The van der Waals surface area contributed by atoms with E-state index in [4.69, 9.17) is 0 Å². The lowest BCUT2D eigenvalue weighted by Crippen LogP contribution is -2.06. The van der Waals surface area contributed by atoms with Crippen molar-refractivity contribution < 1.29 is 0 Å². The molecule has 1 rings (SSSR count). The Labute approximate surface area is 88.3 Å². The Kier molecular flexibility index (Phi) is 4.37. The average molecular weight is 193 g/mol. The maximum absolute atomic E-state index is 4.59. The van der Waals surface area contributed by atoms with Gasteiger partial charge in [0, 0.05) is 11.9 Å². The molecule has 1 aliphatic rings. The van der Waals surface area contributed by atoms with Gasteiger partial charge in [-0.05, 0) is 31.1 Å². The highest BCUT2D eigenvalue weighted by atomic mass is 14.7. The van der Waals surface area contributed by atoms with Gasteiger partial charge in [-0.15, -0.1) is 0 Å². The summed E-state index contributed by atoms with van der Waals surface area (Å²) in [5.41, 5.74) is 1.52. The SMILES string of the molecule is CC(C)(C)/C=N/C1=C/CCCCCC1. The quantitative estimate of drug-likeness (QED) is 0.549. The first-order valence-electron chi connectivity index (χ1n) is 5.82. The molecule has 0 aliphatic heterocycles. The van der Waals surface area contributed by atoms with Crippen molar-refractivity contribution >= 4 is 6.21 Å². The summed E-state index contributed by atoms with van der Waals surface area (Å²) in [6.45, 7) is 6.58. The van der Waals surface area contributed by atoms with Crippen molar-refractivity contribution in [3.63, 3.8) is 0 Å². The Hall–Kier alpha value is -0.590. The van der Waals surface area contributed by atoms with E-state index in [0.29, 0.717) is 0 Å². The summed E-state index contributed by atoms with van der Waals surface area (Å²) < 4.78 is 0. The van der Waals surface area contributed by atoms with E-state index in [1.165, 1.54) is 44.2 Å². The van der Waals surface area contributed by atoms with Crippen LogP contribution in [0.25, 0.3) is 0 Å². The molecule has 14 heavy (non-hydrogen) atoms. The zero-order valence-electron chi connectivity index (χ0n) is 9.84. The van der Waals surface area contributed by atoms with E-state index in [1.54, 1.807) is 0 Å². The highest BCUT2D eigenvalue weighted by molar-refractivity contribution is 5.65. The third-order valence-corrected chi connectivity index (χ3v) is 2.38. The molecule has 0 bridgehead atoms. The number of allylic oxidation sites excluding steroid dienone is 2. The lowest BCUT2D eigenvalue weighted by molar-refractivity contribution is 0.600. The molecule has 0 saturated carbocycles. The van der Waals surface area contributed by atoms with E-state index in [9.17, 15) is 0 Å². The first-order chi connectivity index (χ1) is 6.58. The van der Waals surface area contributed by atoms with Crippen LogP contribution in [0.3, 0.4) is 0 Å². The Balaban J connectivity index is 2.52. The predicted octanol–water partition coefficient (Wildman–Crippen LogP) is 4.34. The van der Waals surface area contributed by atoms with Crippen LogP contribution in [-0.4, -0.2) is 6.21 Å². The van der Waals surface area contributed by atoms with Gasteiger partial charge in [0.2, 0.25) is 0 Å². The molecule has 0 N–H and O–H groups in total. The molecule has 0 aromatic carbocycles. The molecule has 0 atom stereocenters. The van der Waals surface area contributed by atoms with Gasteiger partial charge in [-0.2, -0.15) is 0 Å². The van der Waals surface area contributed by atoms with Crippen LogP contribution in [0, 0.1) is 5.41 Å². The van der Waals surface area contributed by atoms with Crippen LogP contribution in [0.4, 0.5) is 0 Å². The fourth-order valence-electron chi connectivity index (χ4n) is 1.57. The molecule has 0 amide bonds. The smallest absolute Gasteiger partial charge is 0.0360 e. The van der Waals surface area contributed by atoms with E-state index in [1.807, 2.05) is 0 Å². The molecule has 0 heterocycles. The Morgan fingerprint density at radius 1 is 1.14 bits per heavy atom. The van der Waals surface area contributed by atoms with E-state index in [0.717, 1.165) is 0 Å². The third kappa shape index (κ3) is 5.21. The van der Waals surface area contributed by atoms with Crippen LogP contribution in [0.15, 0.2) is 16.8 Å². The van der Waals surface area contributed by atoms with Crippen LogP contribution in [-0.2, 0) is 0 Å². The zero-order valence-corrected chi connectivity index (χ0v) is 9.84. The molecule has 0 spiro atoms. The van der Waals surface area contributed by atoms with Crippen molar-refractivity contribution in [2.45, 2.75) is 59.3 Å². The van der Waals surface area contributed by atoms with E-state index in [2.05, 4.69) is 38.1 Å². The molecular weight excluding hydrogens is 170 g/mol. The lowest BCUT2D eigenvalue weighted by Gasteiger charge is -2.12. The highest BCUT2D eigenvalue weighted by Crippen LogP contribution is 2.19. The fraction of sp³-hybridized carbons (Fsp3) is 0.769. The first-order valence-corrected chi connectivity index (χ1v) is 5.82. The summed E-state index contributed by atoms with van der Waals surface area (Å²) in [5.74, 6) is 0. The van der Waals surface area contributed by atoms with Gasteiger partial charge in [0.1, 0.15) is 0 Å². The number of aliphatic imine (C=N–C) groups is 1. The summed E-state index contributed by atoms with van der Waals surface area (Å²) in [5, 5.41) is 0. The Morgan fingerprint density at radius 3 is 2.57 bits per heavy atom. The molecule has 0 aromatic rings. The van der Waals surface area contributed by atoms with Gasteiger partial charge in [-0.3, -0.25) is 4.99 Å². The number of rotatable bonds is 1. The van der Waals surface area contributed by atoms with Crippen molar-refractivity contribution in [2.75, 3.05) is 0 Å². The van der Waals surface area contributed by atoms with Gasteiger partial charge >= 0.3 is 0 Å². The first kappa shape index (κ1) is 11.5. The summed E-state index contributed by atoms with van der Waals surface area (Å²) in [7, 11) is 0. The minimum absolute atomic E-state index is 0.212. The molecule has 0 unspecified atom stereocenters. The minimum atomic E-state index is 0.212. The number of hydrogen-bond donors (Lipinski definition) is 0. The third-order valence-electron chi connectivity index (χ3n) is 2.38. The summed E-state index contributed by atoms with van der Waals surface area (Å²) in [4.78, 5) is 4.59. The average Bonchev–Trinajstić information content (AvgIpc) is 2.00. The van der Waals surface area contributed by atoms with Crippen molar-refractivity contribution in [2.24, 2.45) is 10.4 Å².